The first-order valence-electron chi connectivity index (χ1n) is 10.9. The molecule has 2 saturated heterocycles. The van der Waals surface area contributed by atoms with E-state index in [1.165, 1.54) is 0 Å². The molecule has 1 spiro atoms. The minimum Gasteiger partial charge on any atom is -0.493 e. The Balaban J connectivity index is 1.51. The van der Waals surface area contributed by atoms with Crippen LogP contribution in [0.3, 0.4) is 0 Å². The van der Waals surface area contributed by atoms with Crippen molar-refractivity contribution in [1.82, 2.24) is 14.3 Å². The number of nitrogens with one attached hydrogen (secondary N) is 1. The number of rotatable bonds is 6. The second-order valence-electron chi connectivity index (χ2n) is 9.62. The van der Waals surface area contributed by atoms with Gasteiger partial charge in [0.2, 0.25) is 0 Å². The molecule has 2 aliphatic rings. The van der Waals surface area contributed by atoms with Crippen LogP contribution in [0.25, 0.3) is 10.9 Å². The molecule has 176 valence electrons. The molecule has 9 nitrogen and oxygen atoms in total. The molecule has 1 aromatic heterocycles. The number of aliphatic hydroxyl groups is 1. The number of aromatic nitrogens is 2. The van der Waals surface area contributed by atoms with Crippen molar-refractivity contribution in [2.45, 2.75) is 38.7 Å². The molecule has 2 N–H and O–H groups in total. The normalized spacial score (nSPS) is 21.1. The largest absolute Gasteiger partial charge is 0.493 e. The highest BCUT2D eigenvalue weighted by Crippen LogP contribution is 2.43. The molecule has 2 fully saturated rings. The van der Waals surface area contributed by atoms with Crippen LogP contribution in [0, 0.1) is 10.2 Å². The number of anilines is 1. The molecule has 0 aliphatic carbocycles. The lowest BCUT2D eigenvalue weighted by Gasteiger charge is -2.40. The Labute approximate surface area is 189 Å². The van der Waals surface area contributed by atoms with Crippen molar-refractivity contribution in [3.63, 3.8) is 0 Å². The van der Waals surface area contributed by atoms with E-state index in [1.54, 1.807) is 38.7 Å². The number of methoxy groups -OCH3 is 2. The summed E-state index contributed by atoms with van der Waals surface area (Å²) in [5, 5.41) is 11.0. The van der Waals surface area contributed by atoms with Crippen LogP contribution in [0.15, 0.2) is 18.5 Å². The summed E-state index contributed by atoms with van der Waals surface area (Å²) < 4.78 is 34.0. The van der Waals surface area contributed by atoms with E-state index in [9.17, 15) is 9.32 Å². The second-order valence-corrected chi connectivity index (χ2v) is 11.7. The number of benzene rings is 1. The van der Waals surface area contributed by atoms with Gasteiger partial charge in [-0.05, 0) is 44.6 Å². The fourth-order valence-corrected chi connectivity index (χ4v) is 6.95. The SMILES string of the molecule is COc1cc2ncnc(N3CCC4(CC3)CCN(S(=N)(=O)CC(C)(C)O)C4)c2cc1OC. The van der Waals surface area contributed by atoms with Gasteiger partial charge in [0.25, 0.3) is 0 Å². The lowest BCUT2D eigenvalue weighted by Crippen LogP contribution is -2.44. The standard InChI is InChI=1S/C22H33N5O4S/c1-21(2,28)14-32(23,29)27-10-7-22(13-27)5-8-26(9-6-22)20-16-11-18(30-3)19(31-4)12-17(16)24-15-25-20/h11-12,15,23,28H,5-10,13-14H2,1-4H3. The van der Waals surface area contributed by atoms with Crippen LogP contribution in [0.5, 0.6) is 11.5 Å². The monoisotopic (exact) mass is 463 g/mol. The quantitative estimate of drug-likeness (QED) is 0.677. The van der Waals surface area contributed by atoms with Crippen LogP contribution in [0.2, 0.25) is 0 Å². The minimum absolute atomic E-state index is 0.0274. The van der Waals surface area contributed by atoms with Crippen LogP contribution in [0.4, 0.5) is 5.82 Å². The Morgan fingerprint density at radius 2 is 1.75 bits per heavy atom. The molecule has 0 saturated carbocycles. The highest BCUT2D eigenvalue weighted by molar-refractivity contribution is 7.90. The predicted octanol–water partition coefficient (Wildman–Crippen LogP) is 2.67. The Hall–Kier alpha value is -2.17. The van der Waals surface area contributed by atoms with Crippen LogP contribution < -0.4 is 14.4 Å². The minimum atomic E-state index is -2.98. The summed E-state index contributed by atoms with van der Waals surface area (Å²) in [6, 6.07) is 3.80. The van der Waals surface area contributed by atoms with E-state index < -0.39 is 15.5 Å². The molecule has 2 aromatic rings. The summed E-state index contributed by atoms with van der Waals surface area (Å²) in [4.78, 5) is 11.3. The highest BCUT2D eigenvalue weighted by Gasteiger charge is 2.44. The summed E-state index contributed by atoms with van der Waals surface area (Å²) in [6.07, 6.45) is 4.40. The van der Waals surface area contributed by atoms with E-state index in [2.05, 4.69) is 14.9 Å². The first-order chi connectivity index (χ1) is 15.1. The van der Waals surface area contributed by atoms with Gasteiger partial charge in [0.15, 0.2) is 11.5 Å². The van der Waals surface area contributed by atoms with Crippen LogP contribution in [0.1, 0.15) is 33.1 Å². The summed E-state index contributed by atoms with van der Waals surface area (Å²) >= 11 is 0. The van der Waals surface area contributed by atoms with Gasteiger partial charge in [-0.25, -0.2) is 23.3 Å². The smallest absolute Gasteiger partial charge is 0.162 e. The van der Waals surface area contributed by atoms with Gasteiger partial charge >= 0.3 is 0 Å². The molecule has 1 atom stereocenters. The molecular formula is C22H33N5O4S. The zero-order chi connectivity index (χ0) is 23.1. The lowest BCUT2D eigenvalue weighted by atomic mass is 9.78. The summed E-state index contributed by atoms with van der Waals surface area (Å²) in [5.41, 5.74) is -0.250. The predicted molar refractivity (Wildman–Crippen MR) is 125 cm³/mol. The first-order valence-corrected chi connectivity index (χ1v) is 12.6. The molecule has 0 radical (unpaired) electrons. The molecular weight excluding hydrogens is 430 g/mol. The first kappa shape index (κ1) is 23.0. The topological polar surface area (TPSA) is 112 Å². The number of nitrogens with zero attached hydrogens (tertiary/aromatic N) is 4. The molecule has 1 unspecified atom stereocenters. The fraction of sp³-hybridized carbons (Fsp3) is 0.636. The number of ether oxygens (including phenoxy) is 2. The van der Waals surface area contributed by atoms with Gasteiger partial charge in [0.05, 0.1) is 31.1 Å². The average Bonchev–Trinajstić information content (AvgIpc) is 3.16. The van der Waals surface area contributed by atoms with Crippen molar-refractivity contribution < 1.29 is 18.8 Å². The van der Waals surface area contributed by atoms with Crippen LogP contribution in [-0.2, 0) is 9.92 Å². The maximum Gasteiger partial charge on any atom is 0.162 e. The van der Waals surface area contributed by atoms with Crippen molar-refractivity contribution in [1.29, 1.82) is 4.78 Å². The highest BCUT2D eigenvalue weighted by atomic mass is 32.2. The van der Waals surface area contributed by atoms with Crippen LogP contribution >= 0.6 is 0 Å². The zero-order valence-corrected chi connectivity index (χ0v) is 20.1. The third-order valence-electron chi connectivity index (χ3n) is 6.61. The molecule has 0 bridgehead atoms. The molecule has 10 heteroatoms. The van der Waals surface area contributed by atoms with E-state index in [4.69, 9.17) is 14.3 Å². The molecule has 4 rings (SSSR count). The van der Waals surface area contributed by atoms with Gasteiger partial charge in [-0.15, -0.1) is 0 Å². The lowest BCUT2D eigenvalue weighted by molar-refractivity contribution is 0.104. The van der Waals surface area contributed by atoms with Gasteiger partial charge in [-0.1, -0.05) is 0 Å². The van der Waals surface area contributed by atoms with Gasteiger partial charge in [-0.2, -0.15) is 0 Å². The number of hydrogen-bond acceptors (Lipinski definition) is 8. The Morgan fingerprint density at radius 3 is 2.38 bits per heavy atom. The van der Waals surface area contributed by atoms with Gasteiger partial charge < -0.3 is 19.5 Å². The number of fused-ring (bicyclic) bond motifs is 1. The third kappa shape index (κ3) is 4.49. The molecule has 0 amide bonds. The third-order valence-corrected chi connectivity index (χ3v) is 8.86. The van der Waals surface area contributed by atoms with Crippen molar-refractivity contribution in [2.75, 3.05) is 51.1 Å². The van der Waals surface area contributed by atoms with E-state index in [0.717, 1.165) is 49.1 Å². The number of hydrogen-bond donors (Lipinski definition) is 2. The maximum absolute atomic E-state index is 13.0. The van der Waals surface area contributed by atoms with E-state index in [-0.39, 0.29) is 11.2 Å². The van der Waals surface area contributed by atoms with Crippen molar-refractivity contribution >= 4 is 26.6 Å². The molecule has 3 heterocycles. The molecule has 32 heavy (non-hydrogen) atoms. The van der Waals surface area contributed by atoms with Crippen molar-refractivity contribution in [2.24, 2.45) is 5.41 Å². The second kappa shape index (κ2) is 8.31. The average molecular weight is 464 g/mol. The van der Waals surface area contributed by atoms with E-state index in [1.807, 2.05) is 12.1 Å². The Morgan fingerprint density at radius 1 is 1.12 bits per heavy atom. The van der Waals surface area contributed by atoms with Gasteiger partial charge in [0.1, 0.15) is 22.1 Å². The van der Waals surface area contributed by atoms with Crippen molar-refractivity contribution in [3.8, 4) is 11.5 Å². The summed E-state index contributed by atoms with van der Waals surface area (Å²) in [7, 11) is 0.247. The summed E-state index contributed by atoms with van der Waals surface area (Å²) in [5.74, 6) is 2.14. The number of piperidine rings is 1. The maximum atomic E-state index is 13.0. The molecule has 2 aliphatic heterocycles. The van der Waals surface area contributed by atoms with E-state index in [0.29, 0.717) is 24.6 Å². The Bertz CT molecular complexity index is 1090. The summed E-state index contributed by atoms with van der Waals surface area (Å²) in [6.45, 7) is 6.18. The van der Waals surface area contributed by atoms with Crippen LogP contribution in [-0.4, -0.2) is 75.3 Å². The Kier molecular flexibility index (Phi) is 5.98. The molecule has 1 aromatic carbocycles. The zero-order valence-electron chi connectivity index (χ0n) is 19.3. The van der Waals surface area contributed by atoms with Crippen molar-refractivity contribution in [3.05, 3.63) is 18.5 Å². The van der Waals surface area contributed by atoms with Gasteiger partial charge in [-0.3, -0.25) is 0 Å². The van der Waals surface area contributed by atoms with Gasteiger partial charge in [0, 0.05) is 37.6 Å². The fourth-order valence-electron chi connectivity index (χ4n) is 4.94. The van der Waals surface area contributed by atoms with E-state index >= 15 is 0 Å².